The Morgan fingerprint density at radius 3 is 2.14 bits per heavy atom. The predicted octanol–water partition coefficient (Wildman–Crippen LogP) is 1.95. The Labute approximate surface area is 122 Å². The van der Waals surface area contributed by atoms with Crippen LogP contribution < -0.4 is 5.32 Å². The fraction of sp³-hybridized carbons (Fsp3) is 0.176. The van der Waals surface area contributed by atoms with E-state index in [2.05, 4.69) is 5.32 Å². The maximum atomic E-state index is 12.4. The summed E-state index contributed by atoms with van der Waals surface area (Å²) in [5, 5.41) is 2.77. The van der Waals surface area contributed by atoms with Crippen molar-refractivity contribution in [2.24, 2.45) is 0 Å². The second-order valence-electron chi connectivity index (χ2n) is 4.98. The van der Waals surface area contributed by atoms with E-state index < -0.39 is 5.60 Å². The van der Waals surface area contributed by atoms with Gasteiger partial charge in [0.25, 0.3) is 5.91 Å². The van der Waals surface area contributed by atoms with E-state index in [1.165, 1.54) is 0 Å². The summed E-state index contributed by atoms with van der Waals surface area (Å²) in [4.78, 5) is 24.7. The summed E-state index contributed by atoms with van der Waals surface area (Å²) in [6, 6.07) is 18.3. The van der Waals surface area contributed by atoms with Crippen LogP contribution in [0.3, 0.4) is 0 Å². The number of epoxide rings is 1. The number of rotatable bonds is 5. The fourth-order valence-electron chi connectivity index (χ4n) is 2.18. The maximum Gasteiger partial charge on any atom is 0.263 e. The second kappa shape index (κ2) is 5.50. The molecule has 3 rings (SSSR count). The van der Waals surface area contributed by atoms with Crippen LogP contribution in [-0.2, 0) is 16.1 Å². The molecule has 1 heterocycles. The number of hydrogen-bond acceptors (Lipinski definition) is 3. The molecule has 2 aromatic rings. The number of Topliss-reactive ketones (excluding diaryl/α,β-unsaturated/α-hetero) is 1. The zero-order valence-electron chi connectivity index (χ0n) is 11.4. The summed E-state index contributed by atoms with van der Waals surface area (Å²) in [6.45, 7) is 0.522. The van der Waals surface area contributed by atoms with Crippen molar-refractivity contribution >= 4 is 11.7 Å². The van der Waals surface area contributed by atoms with Crippen LogP contribution in [0.25, 0.3) is 0 Å². The van der Waals surface area contributed by atoms with E-state index in [-0.39, 0.29) is 18.3 Å². The van der Waals surface area contributed by atoms with Gasteiger partial charge in [-0.1, -0.05) is 60.7 Å². The van der Waals surface area contributed by atoms with Crippen LogP contribution in [-0.4, -0.2) is 23.9 Å². The van der Waals surface area contributed by atoms with Crippen molar-refractivity contribution in [2.45, 2.75) is 12.1 Å². The van der Waals surface area contributed by atoms with Crippen LogP contribution in [0.4, 0.5) is 0 Å². The topological polar surface area (TPSA) is 58.7 Å². The molecule has 4 nitrogen and oxygen atoms in total. The molecular weight excluding hydrogens is 266 g/mol. The number of ketones is 1. The first-order valence-electron chi connectivity index (χ1n) is 6.78. The number of amides is 1. The van der Waals surface area contributed by atoms with Gasteiger partial charge in [0.15, 0.2) is 0 Å². The highest BCUT2D eigenvalue weighted by atomic mass is 16.6. The summed E-state index contributed by atoms with van der Waals surface area (Å²) in [6.07, 6.45) is 0. The number of benzene rings is 2. The van der Waals surface area contributed by atoms with E-state index in [1.54, 1.807) is 24.3 Å². The first-order chi connectivity index (χ1) is 10.2. The molecule has 0 saturated carbocycles. The lowest BCUT2D eigenvalue weighted by Gasteiger charge is -2.11. The van der Waals surface area contributed by atoms with E-state index in [4.69, 9.17) is 4.74 Å². The highest BCUT2D eigenvalue weighted by Gasteiger charge is 2.58. The molecule has 4 heteroatoms. The third-order valence-corrected chi connectivity index (χ3v) is 3.50. The molecule has 106 valence electrons. The predicted molar refractivity (Wildman–Crippen MR) is 77.7 cm³/mol. The third kappa shape index (κ3) is 2.71. The zero-order valence-corrected chi connectivity index (χ0v) is 11.4. The van der Waals surface area contributed by atoms with E-state index in [1.807, 2.05) is 36.4 Å². The van der Waals surface area contributed by atoms with Gasteiger partial charge >= 0.3 is 0 Å². The lowest BCUT2D eigenvalue weighted by Crippen LogP contribution is -2.43. The second-order valence-corrected chi connectivity index (χ2v) is 4.98. The van der Waals surface area contributed by atoms with E-state index in [9.17, 15) is 9.59 Å². The standard InChI is InChI=1S/C17H15NO3/c19-15(14-9-5-2-6-10-14)17(12-21-17)16(20)18-11-13-7-3-1-4-8-13/h1-10H,11-12H2,(H,18,20). The molecule has 1 atom stereocenters. The quantitative estimate of drug-likeness (QED) is 0.518. The average Bonchev–Trinajstić information content (AvgIpc) is 3.35. The van der Waals surface area contributed by atoms with Crippen LogP contribution in [0.1, 0.15) is 15.9 Å². The van der Waals surface area contributed by atoms with Gasteiger partial charge in [0.1, 0.15) is 0 Å². The normalized spacial score (nSPS) is 19.8. The van der Waals surface area contributed by atoms with Crippen LogP contribution in [0, 0.1) is 0 Å². The zero-order chi connectivity index (χ0) is 14.7. The molecule has 0 aromatic heterocycles. The average molecular weight is 281 g/mol. The Hall–Kier alpha value is -2.46. The van der Waals surface area contributed by atoms with E-state index >= 15 is 0 Å². The number of ether oxygens (including phenoxy) is 1. The summed E-state index contributed by atoms with van der Waals surface area (Å²) in [7, 11) is 0. The number of hydrogen-bond donors (Lipinski definition) is 1. The Bertz CT molecular complexity index is 648. The minimum atomic E-state index is -1.34. The molecule has 1 fully saturated rings. The van der Waals surface area contributed by atoms with Gasteiger partial charge in [-0.15, -0.1) is 0 Å². The number of nitrogens with one attached hydrogen (secondary N) is 1. The molecule has 0 bridgehead atoms. The summed E-state index contributed by atoms with van der Waals surface area (Å²) >= 11 is 0. The molecule has 0 radical (unpaired) electrons. The van der Waals surface area contributed by atoms with Gasteiger partial charge in [-0.3, -0.25) is 9.59 Å². The van der Waals surface area contributed by atoms with E-state index in [0.29, 0.717) is 12.1 Å². The Kier molecular flexibility index (Phi) is 3.54. The summed E-state index contributed by atoms with van der Waals surface area (Å²) in [5.41, 5.74) is 0.134. The molecule has 1 N–H and O–H groups in total. The molecule has 1 aliphatic heterocycles. The van der Waals surface area contributed by atoms with Crippen molar-refractivity contribution in [1.82, 2.24) is 5.32 Å². The molecule has 0 spiro atoms. The van der Waals surface area contributed by atoms with Crippen molar-refractivity contribution in [3.05, 3.63) is 71.8 Å². The van der Waals surface area contributed by atoms with Crippen LogP contribution in [0.2, 0.25) is 0 Å². The Balaban J connectivity index is 1.68. The summed E-state index contributed by atoms with van der Waals surface area (Å²) in [5.74, 6) is -0.658. The van der Waals surface area contributed by atoms with Gasteiger partial charge in [0.2, 0.25) is 11.4 Å². The Morgan fingerprint density at radius 2 is 1.57 bits per heavy atom. The van der Waals surface area contributed by atoms with Gasteiger partial charge in [-0.25, -0.2) is 0 Å². The highest BCUT2D eigenvalue weighted by molar-refractivity contribution is 6.19. The highest BCUT2D eigenvalue weighted by Crippen LogP contribution is 2.31. The minimum Gasteiger partial charge on any atom is -0.351 e. The van der Waals surface area contributed by atoms with Gasteiger partial charge in [0, 0.05) is 12.1 Å². The smallest absolute Gasteiger partial charge is 0.263 e. The van der Waals surface area contributed by atoms with Crippen molar-refractivity contribution in [1.29, 1.82) is 0 Å². The van der Waals surface area contributed by atoms with E-state index in [0.717, 1.165) is 5.56 Å². The first-order valence-corrected chi connectivity index (χ1v) is 6.78. The Morgan fingerprint density at radius 1 is 1.00 bits per heavy atom. The minimum absolute atomic E-state index is 0.140. The van der Waals surface area contributed by atoms with Crippen molar-refractivity contribution in [2.75, 3.05) is 6.61 Å². The molecular formula is C17H15NO3. The third-order valence-electron chi connectivity index (χ3n) is 3.50. The van der Waals surface area contributed by atoms with Gasteiger partial charge in [-0.05, 0) is 5.56 Å². The van der Waals surface area contributed by atoms with Crippen molar-refractivity contribution in [3.63, 3.8) is 0 Å². The van der Waals surface area contributed by atoms with Crippen LogP contribution in [0.15, 0.2) is 60.7 Å². The van der Waals surface area contributed by atoms with Gasteiger partial charge in [0.05, 0.1) is 6.61 Å². The molecule has 1 amide bonds. The number of carbonyl (C=O) groups is 2. The molecule has 0 aliphatic carbocycles. The molecule has 2 aromatic carbocycles. The monoisotopic (exact) mass is 281 g/mol. The molecule has 1 unspecified atom stereocenters. The summed E-state index contributed by atoms with van der Waals surface area (Å²) < 4.78 is 5.20. The SMILES string of the molecule is O=C(NCc1ccccc1)C1(C(=O)c2ccccc2)CO1. The fourth-order valence-corrected chi connectivity index (χ4v) is 2.18. The van der Waals surface area contributed by atoms with Crippen LogP contribution in [0.5, 0.6) is 0 Å². The number of carbonyl (C=O) groups excluding carboxylic acids is 2. The molecule has 1 saturated heterocycles. The lowest BCUT2D eigenvalue weighted by atomic mass is 9.97. The van der Waals surface area contributed by atoms with Crippen LogP contribution >= 0.6 is 0 Å². The van der Waals surface area contributed by atoms with Gasteiger partial charge in [-0.2, -0.15) is 0 Å². The first kappa shape index (κ1) is 13.5. The van der Waals surface area contributed by atoms with Crippen molar-refractivity contribution in [3.8, 4) is 0 Å². The van der Waals surface area contributed by atoms with Crippen molar-refractivity contribution < 1.29 is 14.3 Å². The molecule has 21 heavy (non-hydrogen) atoms. The maximum absolute atomic E-state index is 12.4. The molecule has 1 aliphatic rings. The van der Waals surface area contributed by atoms with Gasteiger partial charge < -0.3 is 10.1 Å². The lowest BCUT2D eigenvalue weighted by molar-refractivity contribution is -0.124. The largest absolute Gasteiger partial charge is 0.351 e.